The maximum absolute atomic E-state index is 5.69. The van der Waals surface area contributed by atoms with Crippen LogP contribution in [0.2, 0.25) is 0 Å². The van der Waals surface area contributed by atoms with Crippen LogP contribution in [0.3, 0.4) is 0 Å². The van der Waals surface area contributed by atoms with E-state index >= 15 is 0 Å². The Balaban J connectivity index is 2.06. The summed E-state index contributed by atoms with van der Waals surface area (Å²) in [6.45, 7) is 0. The van der Waals surface area contributed by atoms with Gasteiger partial charge in [0.05, 0.1) is 19.6 Å². The van der Waals surface area contributed by atoms with Crippen molar-refractivity contribution in [1.29, 1.82) is 0 Å². The molecule has 0 saturated heterocycles. The van der Waals surface area contributed by atoms with Crippen molar-refractivity contribution >= 4 is 0 Å². The highest BCUT2D eigenvalue weighted by molar-refractivity contribution is 5.54. The molecular weight excluding hydrogens is 376 g/mol. The summed E-state index contributed by atoms with van der Waals surface area (Å²) in [4.78, 5) is 17.7. The Hall–Kier alpha value is -3.80. The topological polar surface area (TPSA) is 70.0 Å². The van der Waals surface area contributed by atoms with Gasteiger partial charge in [0, 0.05) is 48.3 Å². The molecule has 0 bridgehead atoms. The third-order valence-corrected chi connectivity index (χ3v) is 5.23. The smallest absolute Gasteiger partial charge is 0.217 e. The van der Waals surface area contributed by atoms with Gasteiger partial charge in [0.15, 0.2) is 0 Å². The van der Waals surface area contributed by atoms with Crippen molar-refractivity contribution in [2.24, 2.45) is 0 Å². The Kier molecular flexibility index (Phi) is 5.66. The normalized spacial score (nSPS) is 11.1. The maximum atomic E-state index is 5.69. The van der Waals surface area contributed by atoms with Crippen molar-refractivity contribution in [3.8, 4) is 11.8 Å². The van der Waals surface area contributed by atoms with Crippen molar-refractivity contribution in [1.82, 2.24) is 19.9 Å². The molecule has 4 heterocycles. The van der Waals surface area contributed by atoms with Crippen LogP contribution in [0.25, 0.3) is 0 Å². The molecule has 0 aliphatic rings. The minimum atomic E-state index is -0.668. The second-order valence-corrected chi connectivity index (χ2v) is 6.80. The summed E-state index contributed by atoms with van der Waals surface area (Å²) >= 11 is 0. The molecular formula is C24H22N4O2. The van der Waals surface area contributed by atoms with Gasteiger partial charge in [-0.25, -0.2) is 9.97 Å². The molecule has 0 unspecified atom stereocenters. The molecule has 0 saturated carbocycles. The summed E-state index contributed by atoms with van der Waals surface area (Å²) in [5, 5.41) is 0. The molecule has 0 aliphatic carbocycles. The lowest BCUT2D eigenvalue weighted by Crippen LogP contribution is -2.33. The highest BCUT2D eigenvalue weighted by Crippen LogP contribution is 2.45. The zero-order chi connectivity index (χ0) is 20.8. The summed E-state index contributed by atoms with van der Waals surface area (Å²) in [5.74, 6) is 1.13. The van der Waals surface area contributed by atoms with E-state index in [1.807, 2.05) is 48.8 Å². The molecule has 0 N–H and O–H groups in total. The Labute approximate surface area is 175 Å². The van der Waals surface area contributed by atoms with Gasteiger partial charge in [-0.1, -0.05) is 24.3 Å². The second-order valence-electron chi connectivity index (χ2n) is 6.80. The van der Waals surface area contributed by atoms with Gasteiger partial charge in [-0.15, -0.1) is 0 Å². The second kappa shape index (κ2) is 8.69. The van der Waals surface area contributed by atoms with Crippen LogP contribution in [0.5, 0.6) is 11.8 Å². The average molecular weight is 398 g/mol. The predicted molar refractivity (Wildman–Crippen MR) is 114 cm³/mol. The number of nitrogens with zero attached hydrogens (tertiary/aromatic N) is 4. The molecule has 0 amide bonds. The van der Waals surface area contributed by atoms with Crippen LogP contribution >= 0.6 is 0 Å². The first kappa shape index (κ1) is 19.5. The van der Waals surface area contributed by atoms with Crippen LogP contribution in [0.15, 0.2) is 85.7 Å². The molecule has 6 heteroatoms. The zero-order valence-electron chi connectivity index (χ0n) is 16.9. The summed E-state index contributed by atoms with van der Waals surface area (Å²) in [6, 6.07) is 15.9. The lowest BCUT2D eigenvalue weighted by molar-refractivity contribution is 0.377. The van der Waals surface area contributed by atoms with Crippen molar-refractivity contribution < 1.29 is 9.47 Å². The number of methoxy groups -OCH3 is 2. The molecule has 0 aromatic carbocycles. The van der Waals surface area contributed by atoms with E-state index < -0.39 is 5.41 Å². The van der Waals surface area contributed by atoms with Crippen LogP contribution in [-0.2, 0) is 11.8 Å². The largest absolute Gasteiger partial charge is 0.481 e. The van der Waals surface area contributed by atoms with Gasteiger partial charge in [0.2, 0.25) is 11.8 Å². The lowest BCUT2D eigenvalue weighted by atomic mass is 9.67. The lowest BCUT2D eigenvalue weighted by Gasteiger charge is -2.36. The zero-order valence-corrected chi connectivity index (χ0v) is 16.9. The molecule has 150 valence electrons. The number of ether oxygens (including phenoxy) is 2. The quantitative estimate of drug-likeness (QED) is 0.471. The average Bonchev–Trinajstić information content (AvgIpc) is 2.84. The fourth-order valence-electron chi connectivity index (χ4n) is 3.91. The summed E-state index contributed by atoms with van der Waals surface area (Å²) in [5.41, 5.74) is 3.20. The maximum Gasteiger partial charge on any atom is 0.217 e. The number of pyridine rings is 4. The Morgan fingerprint density at radius 1 is 0.700 bits per heavy atom. The van der Waals surface area contributed by atoms with Gasteiger partial charge >= 0.3 is 0 Å². The van der Waals surface area contributed by atoms with Gasteiger partial charge in [-0.2, -0.15) is 0 Å². The van der Waals surface area contributed by atoms with Gasteiger partial charge in [0.25, 0.3) is 0 Å². The number of hydrogen-bond donors (Lipinski definition) is 0. The highest BCUT2D eigenvalue weighted by atomic mass is 16.5. The minimum Gasteiger partial charge on any atom is -0.481 e. The van der Waals surface area contributed by atoms with E-state index in [9.17, 15) is 0 Å². The fourth-order valence-corrected chi connectivity index (χ4v) is 3.91. The molecule has 4 rings (SSSR count). The molecule has 6 nitrogen and oxygen atoms in total. The van der Waals surface area contributed by atoms with E-state index in [2.05, 4.69) is 32.1 Å². The van der Waals surface area contributed by atoms with E-state index in [0.29, 0.717) is 18.2 Å². The summed E-state index contributed by atoms with van der Waals surface area (Å²) in [6.07, 6.45) is 11.3. The van der Waals surface area contributed by atoms with E-state index in [4.69, 9.17) is 9.47 Å². The van der Waals surface area contributed by atoms with E-state index in [0.717, 1.165) is 22.3 Å². The predicted octanol–water partition coefficient (Wildman–Crippen LogP) is 3.86. The Morgan fingerprint density at radius 3 is 1.83 bits per heavy atom. The van der Waals surface area contributed by atoms with Gasteiger partial charge in [-0.3, -0.25) is 9.97 Å². The summed E-state index contributed by atoms with van der Waals surface area (Å²) < 4.78 is 11.3. The van der Waals surface area contributed by atoms with Crippen LogP contribution < -0.4 is 9.47 Å². The summed E-state index contributed by atoms with van der Waals surface area (Å²) in [7, 11) is 3.26. The van der Waals surface area contributed by atoms with Crippen molar-refractivity contribution in [2.75, 3.05) is 14.2 Å². The van der Waals surface area contributed by atoms with Crippen molar-refractivity contribution in [3.05, 3.63) is 108 Å². The third-order valence-electron chi connectivity index (χ3n) is 5.23. The first-order chi connectivity index (χ1) is 14.8. The monoisotopic (exact) mass is 398 g/mol. The first-order valence-electron chi connectivity index (χ1n) is 9.58. The van der Waals surface area contributed by atoms with E-state index in [1.54, 1.807) is 39.0 Å². The van der Waals surface area contributed by atoms with Crippen LogP contribution in [0.1, 0.15) is 22.3 Å². The molecule has 0 atom stereocenters. The molecule has 0 radical (unpaired) electrons. The molecule has 0 aliphatic heterocycles. The standard InChI is InChI=1S/C24H22N4O2/c1-29-22-18(7-3-13-27-22)15-24(19-8-4-11-25-16-19,20-9-5-12-26-17-20)21-10-6-14-28-23(21)30-2/h3-14,16-17H,15H2,1-2H3. The van der Waals surface area contributed by atoms with Gasteiger partial charge < -0.3 is 9.47 Å². The molecule has 4 aromatic heterocycles. The Bertz CT molecular complexity index is 1060. The first-order valence-corrected chi connectivity index (χ1v) is 9.58. The number of aromatic nitrogens is 4. The van der Waals surface area contributed by atoms with Crippen molar-refractivity contribution in [3.63, 3.8) is 0 Å². The van der Waals surface area contributed by atoms with E-state index in [1.165, 1.54) is 0 Å². The Morgan fingerprint density at radius 2 is 1.27 bits per heavy atom. The highest BCUT2D eigenvalue weighted by Gasteiger charge is 2.40. The van der Waals surface area contributed by atoms with Crippen LogP contribution in [0, 0.1) is 0 Å². The van der Waals surface area contributed by atoms with Gasteiger partial charge in [0.1, 0.15) is 0 Å². The number of rotatable bonds is 7. The number of hydrogen-bond acceptors (Lipinski definition) is 6. The molecule has 0 spiro atoms. The minimum absolute atomic E-state index is 0.549. The van der Waals surface area contributed by atoms with E-state index in [-0.39, 0.29) is 0 Å². The molecule has 0 fully saturated rings. The van der Waals surface area contributed by atoms with Gasteiger partial charge in [-0.05, 0) is 41.8 Å². The SMILES string of the molecule is COc1ncccc1CC(c1cccnc1)(c1cccnc1)c1cccnc1OC. The molecule has 30 heavy (non-hydrogen) atoms. The molecule has 4 aromatic rings. The van der Waals surface area contributed by atoms with Crippen molar-refractivity contribution in [2.45, 2.75) is 11.8 Å². The van der Waals surface area contributed by atoms with Crippen LogP contribution in [0.4, 0.5) is 0 Å². The third kappa shape index (κ3) is 3.48. The fraction of sp³-hybridized carbons (Fsp3) is 0.167. The van der Waals surface area contributed by atoms with Crippen LogP contribution in [-0.4, -0.2) is 34.2 Å².